The number of nitrogens with one attached hydrogen (secondary N) is 2. The second-order valence-corrected chi connectivity index (χ2v) is 7.39. The molecule has 5 heteroatoms. The molecule has 5 nitrogen and oxygen atoms in total. The Kier molecular flexibility index (Phi) is 7.06. The van der Waals surface area contributed by atoms with Crippen LogP contribution in [0.1, 0.15) is 30.9 Å². The molecular weight excluding hydrogens is 352 g/mol. The summed E-state index contributed by atoms with van der Waals surface area (Å²) in [4.78, 5) is 13.1. The first-order chi connectivity index (χ1) is 13.6. The maximum atomic E-state index is 13.1. The van der Waals surface area contributed by atoms with Gasteiger partial charge in [-0.25, -0.2) is 0 Å². The van der Waals surface area contributed by atoms with Gasteiger partial charge in [0.2, 0.25) is 5.91 Å². The molecule has 0 radical (unpaired) electrons. The minimum absolute atomic E-state index is 0.0795. The number of amides is 1. The first-order valence-corrected chi connectivity index (χ1v) is 9.94. The van der Waals surface area contributed by atoms with Crippen molar-refractivity contribution >= 4 is 5.91 Å². The highest BCUT2D eigenvalue weighted by atomic mass is 16.5. The van der Waals surface area contributed by atoms with Crippen molar-refractivity contribution < 1.29 is 14.3 Å². The third kappa shape index (κ3) is 4.91. The SMILES string of the molecule is CNC(C)CNC(=O)C1(c2ccc(OCc3ccccc3)cc2)CCOCC1. The summed E-state index contributed by atoms with van der Waals surface area (Å²) >= 11 is 0. The van der Waals surface area contributed by atoms with Gasteiger partial charge in [0, 0.05) is 25.8 Å². The fraction of sp³-hybridized carbons (Fsp3) is 0.435. The van der Waals surface area contributed by atoms with Crippen LogP contribution in [-0.2, 0) is 21.6 Å². The molecule has 150 valence electrons. The molecule has 1 saturated heterocycles. The number of hydrogen-bond donors (Lipinski definition) is 2. The highest BCUT2D eigenvalue weighted by Crippen LogP contribution is 2.36. The van der Waals surface area contributed by atoms with Gasteiger partial charge < -0.3 is 20.1 Å². The molecule has 0 aliphatic carbocycles. The second-order valence-electron chi connectivity index (χ2n) is 7.39. The number of ether oxygens (including phenoxy) is 2. The Hall–Kier alpha value is -2.37. The van der Waals surface area contributed by atoms with Crippen LogP contribution in [0.15, 0.2) is 54.6 Å². The molecule has 0 bridgehead atoms. The summed E-state index contributed by atoms with van der Waals surface area (Å²) in [7, 11) is 1.90. The maximum Gasteiger partial charge on any atom is 0.230 e. The predicted molar refractivity (Wildman–Crippen MR) is 110 cm³/mol. The van der Waals surface area contributed by atoms with Gasteiger partial charge in [-0.1, -0.05) is 42.5 Å². The Morgan fingerprint density at radius 1 is 1.11 bits per heavy atom. The van der Waals surface area contributed by atoms with Crippen molar-refractivity contribution in [3.63, 3.8) is 0 Å². The lowest BCUT2D eigenvalue weighted by Gasteiger charge is -2.36. The molecule has 3 rings (SSSR count). The molecule has 2 aromatic rings. The number of carbonyl (C=O) groups excluding carboxylic acids is 1. The number of likely N-dealkylation sites (N-methyl/N-ethyl adjacent to an activating group) is 1. The molecule has 1 heterocycles. The molecule has 2 aromatic carbocycles. The van der Waals surface area contributed by atoms with Crippen LogP contribution in [0.4, 0.5) is 0 Å². The quantitative estimate of drug-likeness (QED) is 0.737. The Morgan fingerprint density at radius 3 is 2.43 bits per heavy atom. The van der Waals surface area contributed by atoms with Gasteiger partial charge in [-0.3, -0.25) is 4.79 Å². The molecule has 1 aliphatic rings. The summed E-state index contributed by atoms with van der Waals surface area (Å²) in [5.41, 5.74) is 1.62. The summed E-state index contributed by atoms with van der Waals surface area (Å²) in [5.74, 6) is 0.884. The third-order valence-corrected chi connectivity index (χ3v) is 5.50. The van der Waals surface area contributed by atoms with Crippen LogP contribution < -0.4 is 15.4 Å². The second kappa shape index (κ2) is 9.71. The molecular formula is C23H30N2O3. The Bertz CT molecular complexity index is 740. The van der Waals surface area contributed by atoms with Crippen molar-refractivity contribution in [2.24, 2.45) is 0 Å². The van der Waals surface area contributed by atoms with Crippen molar-refractivity contribution in [2.75, 3.05) is 26.8 Å². The van der Waals surface area contributed by atoms with E-state index >= 15 is 0 Å². The largest absolute Gasteiger partial charge is 0.489 e. The number of carbonyl (C=O) groups is 1. The fourth-order valence-electron chi connectivity index (χ4n) is 3.49. The van der Waals surface area contributed by atoms with Crippen LogP contribution in [0.2, 0.25) is 0 Å². The molecule has 28 heavy (non-hydrogen) atoms. The van der Waals surface area contributed by atoms with Crippen LogP contribution >= 0.6 is 0 Å². The first-order valence-electron chi connectivity index (χ1n) is 9.94. The minimum Gasteiger partial charge on any atom is -0.489 e. The lowest BCUT2D eigenvalue weighted by molar-refractivity contribution is -0.130. The normalized spacial score (nSPS) is 16.9. The molecule has 1 unspecified atom stereocenters. The van der Waals surface area contributed by atoms with Crippen LogP contribution in [-0.4, -0.2) is 38.8 Å². The van der Waals surface area contributed by atoms with Crippen molar-refractivity contribution in [3.8, 4) is 5.75 Å². The molecule has 1 fully saturated rings. The smallest absolute Gasteiger partial charge is 0.230 e. The monoisotopic (exact) mass is 382 g/mol. The highest BCUT2D eigenvalue weighted by Gasteiger charge is 2.41. The van der Waals surface area contributed by atoms with Gasteiger partial charge in [0.25, 0.3) is 0 Å². The van der Waals surface area contributed by atoms with Gasteiger partial charge in [-0.05, 0) is 50.1 Å². The van der Waals surface area contributed by atoms with E-state index in [-0.39, 0.29) is 11.9 Å². The van der Waals surface area contributed by atoms with Gasteiger partial charge >= 0.3 is 0 Å². The topological polar surface area (TPSA) is 59.6 Å². The van der Waals surface area contributed by atoms with E-state index in [1.54, 1.807) is 0 Å². The number of rotatable bonds is 8. The van der Waals surface area contributed by atoms with Crippen molar-refractivity contribution in [3.05, 3.63) is 65.7 Å². The van der Waals surface area contributed by atoms with Crippen LogP contribution in [0.5, 0.6) is 5.75 Å². The molecule has 1 atom stereocenters. The van der Waals surface area contributed by atoms with E-state index in [0.717, 1.165) is 16.9 Å². The standard InChI is InChI=1S/C23H30N2O3/c1-18(24-2)16-25-22(26)23(12-14-27-15-13-23)20-8-10-21(11-9-20)28-17-19-6-4-3-5-7-19/h3-11,18,24H,12-17H2,1-2H3,(H,25,26). The molecule has 0 spiro atoms. The average molecular weight is 383 g/mol. The van der Waals surface area contributed by atoms with Crippen molar-refractivity contribution in [1.29, 1.82) is 0 Å². The Labute approximate surface area is 167 Å². The van der Waals surface area contributed by atoms with E-state index < -0.39 is 5.41 Å². The van der Waals surface area contributed by atoms with E-state index in [0.29, 0.717) is 39.2 Å². The van der Waals surface area contributed by atoms with E-state index in [2.05, 4.69) is 17.6 Å². The number of benzene rings is 2. The van der Waals surface area contributed by atoms with E-state index in [1.807, 2.05) is 61.6 Å². The summed E-state index contributed by atoms with van der Waals surface area (Å²) in [5, 5.41) is 6.27. The maximum absolute atomic E-state index is 13.1. The van der Waals surface area contributed by atoms with Gasteiger partial charge in [-0.15, -0.1) is 0 Å². The van der Waals surface area contributed by atoms with Crippen molar-refractivity contribution in [1.82, 2.24) is 10.6 Å². The molecule has 1 amide bonds. The summed E-state index contributed by atoms with van der Waals surface area (Å²) in [6.45, 7) is 4.39. The fourth-order valence-corrected chi connectivity index (χ4v) is 3.49. The number of hydrogen-bond acceptors (Lipinski definition) is 4. The highest BCUT2D eigenvalue weighted by molar-refractivity contribution is 5.88. The van der Waals surface area contributed by atoms with Gasteiger partial charge in [-0.2, -0.15) is 0 Å². The Balaban J connectivity index is 1.70. The molecule has 2 N–H and O–H groups in total. The summed E-state index contributed by atoms with van der Waals surface area (Å²) < 4.78 is 11.4. The van der Waals surface area contributed by atoms with Gasteiger partial charge in [0.05, 0.1) is 5.41 Å². The molecule has 0 aromatic heterocycles. The van der Waals surface area contributed by atoms with Crippen molar-refractivity contribution in [2.45, 2.75) is 37.8 Å². The average Bonchev–Trinajstić information content (AvgIpc) is 2.77. The third-order valence-electron chi connectivity index (χ3n) is 5.50. The van der Waals surface area contributed by atoms with E-state index in [4.69, 9.17) is 9.47 Å². The first kappa shape index (κ1) is 20.4. The zero-order valence-corrected chi connectivity index (χ0v) is 16.7. The summed E-state index contributed by atoms with van der Waals surface area (Å²) in [6, 6.07) is 18.3. The lowest BCUT2D eigenvalue weighted by atomic mass is 9.73. The Morgan fingerprint density at radius 2 is 1.79 bits per heavy atom. The van der Waals surface area contributed by atoms with E-state index in [1.165, 1.54) is 0 Å². The van der Waals surface area contributed by atoms with Crippen LogP contribution in [0, 0.1) is 0 Å². The van der Waals surface area contributed by atoms with Gasteiger partial charge in [0.1, 0.15) is 12.4 Å². The zero-order chi connectivity index (χ0) is 19.8. The minimum atomic E-state index is -0.538. The lowest BCUT2D eigenvalue weighted by Crippen LogP contribution is -2.50. The van der Waals surface area contributed by atoms with Gasteiger partial charge in [0.15, 0.2) is 0 Å². The van der Waals surface area contributed by atoms with Crippen LogP contribution in [0.25, 0.3) is 0 Å². The molecule has 1 aliphatic heterocycles. The van der Waals surface area contributed by atoms with Crippen LogP contribution in [0.3, 0.4) is 0 Å². The zero-order valence-electron chi connectivity index (χ0n) is 16.7. The summed E-state index contributed by atoms with van der Waals surface area (Å²) in [6.07, 6.45) is 1.38. The molecule has 0 saturated carbocycles. The van der Waals surface area contributed by atoms with E-state index in [9.17, 15) is 4.79 Å². The predicted octanol–water partition coefficient (Wildman–Crippen LogP) is 3.04.